The Morgan fingerprint density at radius 3 is 2.64 bits per heavy atom. The highest BCUT2D eigenvalue weighted by Gasteiger charge is 2.35. The Kier molecular flexibility index (Phi) is 2.47. The predicted octanol–water partition coefficient (Wildman–Crippen LogP) is 2.16. The smallest absolute Gasteiger partial charge is 0.240 e. The van der Waals surface area contributed by atoms with E-state index in [9.17, 15) is 8.78 Å². The van der Waals surface area contributed by atoms with Gasteiger partial charge >= 0.3 is 0 Å². The molecule has 1 rings (SSSR count). The van der Waals surface area contributed by atoms with E-state index in [2.05, 4.69) is 6.92 Å². The first-order valence-electron chi connectivity index (χ1n) is 4.09. The van der Waals surface area contributed by atoms with Crippen LogP contribution in [0.2, 0.25) is 0 Å². The molecular weight excluding hydrogens is 148 g/mol. The summed E-state index contributed by atoms with van der Waals surface area (Å²) in [6.45, 7) is 2.07. The van der Waals surface area contributed by atoms with Crippen LogP contribution in [0.4, 0.5) is 8.78 Å². The Hall–Kier alpha value is -0.180. The largest absolute Gasteiger partial charge is 0.325 e. The van der Waals surface area contributed by atoms with E-state index in [1.54, 1.807) is 0 Å². The molecule has 0 aromatic rings. The van der Waals surface area contributed by atoms with E-state index in [0.717, 1.165) is 19.3 Å². The third-order valence-corrected chi connectivity index (χ3v) is 2.45. The van der Waals surface area contributed by atoms with Gasteiger partial charge in [-0.3, -0.25) is 0 Å². The minimum atomic E-state index is -2.25. The van der Waals surface area contributed by atoms with Crippen molar-refractivity contribution in [3.63, 3.8) is 0 Å². The molecule has 2 unspecified atom stereocenters. The predicted molar refractivity (Wildman–Crippen MR) is 40.6 cm³/mol. The number of hydrogen-bond acceptors (Lipinski definition) is 1. The summed E-state index contributed by atoms with van der Waals surface area (Å²) in [5.74, 6) is 0.527. The lowest BCUT2D eigenvalue weighted by molar-refractivity contribution is 0.105. The molecule has 0 aliphatic heterocycles. The van der Waals surface area contributed by atoms with Crippen molar-refractivity contribution >= 4 is 0 Å². The average Bonchev–Trinajstić information content (AvgIpc) is 2.08. The molecule has 0 saturated heterocycles. The minimum Gasteiger partial charge on any atom is -0.325 e. The fourth-order valence-electron chi connectivity index (χ4n) is 1.92. The summed E-state index contributed by atoms with van der Waals surface area (Å²) < 4.78 is 24.0. The second-order valence-corrected chi connectivity index (χ2v) is 3.81. The van der Waals surface area contributed by atoms with Gasteiger partial charge in [0.15, 0.2) is 0 Å². The average molecular weight is 163 g/mol. The zero-order valence-electron chi connectivity index (χ0n) is 6.82. The van der Waals surface area contributed by atoms with E-state index < -0.39 is 12.0 Å². The van der Waals surface area contributed by atoms with Crippen LogP contribution in [0.5, 0.6) is 0 Å². The standard InChI is InChI=1S/C8H15F2N/c1-6-2-3-8(11,4-6)5-7(9)10/h6-7H,2-5,11H2,1H3. The van der Waals surface area contributed by atoms with Gasteiger partial charge in [-0.25, -0.2) is 8.78 Å². The van der Waals surface area contributed by atoms with Crippen LogP contribution < -0.4 is 5.73 Å². The first-order chi connectivity index (χ1) is 5.02. The lowest BCUT2D eigenvalue weighted by Gasteiger charge is -2.22. The topological polar surface area (TPSA) is 26.0 Å². The Labute approximate surface area is 66.0 Å². The molecule has 0 spiro atoms. The highest BCUT2D eigenvalue weighted by Crippen LogP contribution is 2.35. The summed E-state index contributed by atoms with van der Waals surface area (Å²) in [6.07, 6.45) is 0.154. The fraction of sp³-hybridized carbons (Fsp3) is 1.00. The maximum atomic E-state index is 12.0. The van der Waals surface area contributed by atoms with E-state index in [1.807, 2.05) is 0 Å². The van der Waals surface area contributed by atoms with Crippen LogP contribution in [-0.4, -0.2) is 12.0 Å². The van der Waals surface area contributed by atoms with Gasteiger partial charge in [0.2, 0.25) is 6.43 Å². The van der Waals surface area contributed by atoms with Crippen LogP contribution in [0.15, 0.2) is 0 Å². The molecule has 66 valence electrons. The van der Waals surface area contributed by atoms with Gasteiger partial charge in [-0.1, -0.05) is 6.92 Å². The quantitative estimate of drug-likeness (QED) is 0.663. The van der Waals surface area contributed by atoms with E-state index >= 15 is 0 Å². The van der Waals surface area contributed by atoms with Crippen LogP contribution in [0.3, 0.4) is 0 Å². The maximum absolute atomic E-state index is 12.0. The molecule has 0 radical (unpaired) electrons. The van der Waals surface area contributed by atoms with Crippen molar-refractivity contribution in [1.82, 2.24) is 0 Å². The van der Waals surface area contributed by atoms with Crippen molar-refractivity contribution in [1.29, 1.82) is 0 Å². The highest BCUT2D eigenvalue weighted by molar-refractivity contribution is 4.92. The zero-order valence-corrected chi connectivity index (χ0v) is 6.82. The Bertz CT molecular complexity index is 138. The van der Waals surface area contributed by atoms with Gasteiger partial charge in [0.1, 0.15) is 0 Å². The SMILES string of the molecule is CC1CCC(N)(CC(F)F)C1. The lowest BCUT2D eigenvalue weighted by Crippen LogP contribution is -2.38. The number of rotatable bonds is 2. The van der Waals surface area contributed by atoms with E-state index in [4.69, 9.17) is 5.73 Å². The molecule has 1 saturated carbocycles. The first kappa shape index (κ1) is 8.91. The van der Waals surface area contributed by atoms with Crippen LogP contribution in [0, 0.1) is 5.92 Å². The third kappa shape index (κ3) is 2.40. The molecule has 0 bridgehead atoms. The van der Waals surface area contributed by atoms with Gasteiger partial charge < -0.3 is 5.73 Å². The lowest BCUT2D eigenvalue weighted by atomic mass is 9.94. The molecule has 0 heterocycles. The van der Waals surface area contributed by atoms with Crippen molar-refractivity contribution in [3.8, 4) is 0 Å². The van der Waals surface area contributed by atoms with E-state index in [1.165, 1.54) is 0 Å². The first-order valence-corrected chi connectivity index (χ1v) is 4.09. The van der Waals surface area contributed by atoms with Crippen molar-refractivity contribution in [3.05, 3.63) is 0 Å². The summed E-state index contributed by atoms with van der Waals surface area (Å²) in [6, 6.07) is 0. The van der Waals surface area contributed by atoms with Crippen LogP contribution in [0.25, 0.3) is 0 Å². The minimum absolute atomic E-state index is 0.128. The van der Waals surface area contributed by atoms with Gasteiger partial charge in [0.25, 0.3) is 0 Å². The Morgan fingerprint density at radius 2 is 2.27 bits per heavy atom. The van der Waals surface area contributed by atoms with Crippen LogP contribution in [0.1, 0.15) is 32.6 Å². The van der Waals surface area contributed by atoms with Gasteiger partial charge in [-0.15, -0.1) is 0 Å². The number of halogens is 2. The summed E-state index contributed by atoms with van der Waals surface area (Å²) in [5.41, 5.74) is 5.21. The Morgan fingerprint density at radius 1 is 1.64 bits per heavy atom. The van der Waals surface area contributed by atoms with Gasteiger partial charge in [0, 0.05) is 12.0 Å². The summed E-state index contributed by atoms with van der Waals surface area (Å²) in [4.78, 5) is 0. The molecular formula is C8H15F2N. The molecule has 1 fully saturated rings. The number of hydrogen-bond donors (Lipinski definition) is 1. The number of nitrogens with two attached hydrogens (primary N) is 1. The Balaban J connectivity index is 2.42. The fourth-order valence-corrected chi connectivity index (χ4v) is 1.92. The molecule has 3 heteroatoms. The third-order valence-electron chi connectivity index (χ3n) is 2.45. The van der Waals surface area contributed by atoms with Gasteiger partial charge in [-0.2, -0.15) is 0 Å². The van der Waals surface area contributed by atoms with E-state index in [-0.39, 0.29) is 6.42 Å². The van der Waals surface area contributed by atoms with Gasteiger partial charge in [0.05, 0.1) is 0 Å². The van der Waals surface area contributed by atoms with Crippen molar-refractivity contribution < 1.29 is 8.78 Å². The molecule has 1 nitrogen and oxygen atoms in total. The second kappa shape index (κ2) is 3.05. The maximum Gasteiger partial charge on any atom is 0.240 e. The molecule has 1 aliphatic carbocycles. The molecule has 2 N–H and O–H groups in total. The normalized spacial score (nSPS) is 38.5. The second-order valence-electron chi connectivity index (χ2n) is 3.81. The molecule has 11 heavy (non-hydrogen) atoms. The van der Waals surface area contributed by atoms with Crippen molar-refractivity contribution in [2.24, 2.45) is 11.7 Å². The number of alkyl halides is 2. The molecule has 0 amide bonds. The van der Waals surface area contributed by atoms with Crippen molar-refractivity contribution in [2.75, 3.05) is 0 Å². The van der Waals surface area contributed by atoms with Gasteiger partial charge in [-0.05, 0) is 25.2 Å². The summed E-state index contributed by atoms with van der Waals surface area (Å²) in [7, 11) is 0. The van der Waals surface area contributed by atoms with Crippen molar-refractivity contribution in [2.45, 2.75) is 44.6 Å². The molecule has 0 aromatic heterocycles. The molecule has 1 aliphatic rings. The zero-order chi connectivity index (χ0) is 8.48. The van der Waals surface area contributed by atoms with Crippen LogP contribution in [-0.2, 0) is 0 Å². The monoisotopic (exact) mass is 163 g/mol. The van der Waals surface area contributed by atoms with E-state index in [0.29, 0.717) is 5.92 Å². The summed E-state index contributed by atoms with van der Waals surface area (Å²) in [5, 5.41) is 0. The molecule has 0 aromatic carbocycles. The highest BCUT2D eigenvalue weighted by atomic mass is 19.3. The summed E-state index contributed by atoms with van der Waals surface area (Å²) >= 11 is 0. The molecule has 2 atom stereocenters. The van der Waals surface area contributed by atoms with Crippen LogP contribution >= 0.6 is 0 Å².